The van der Waals surface area contributed by atoms with E-state index >= 15 is 0 Å². The fourth-order valence-corrected chi connectivity index (χ4v) is 4.15. The fourth-order valence-electron chi connectivity index (χ4n) is 3.02. The molecule has 2 rings (SSSR count). The van der Waals surface area contributed by atoms with Gasteiger partial charge in [-0.25, -0.2) is 8.42 Å². The number of sulfonamides is 1. The second-order valence-electron chi connectivity index (χ2n) is 6.18. The molecule has 2 heterocycles. The van der Waals surface area contributed by atoms with Gasteiger partial charge in [-0.15, -0.1) is 0 Å². The van der Waals surface area contributed by atoms with Crippen LogP contribution in [0.4, 0.5) is 0 Å². The summed E-state index contributed by atoms with van der Waals surface area (Å²) in [6.45, 7) is 5.65. The molecule has 7 nitrogen and oxygen atoms in total. The highest BCUT2D eigenvalue weighted by atomic mass is 32.2. The van der Waals surface area contributed by atoms with Gasteiger partial charge in [0.25, 0.3) is 0 Å². The summed E-state index contributed by atoms with van der Waals surface area (Å²) >= 11 is 0. The molecular formula is C15H26N4O3S. The molecule has 1 atom stereocenters. The Bertz CT molecular complexity index is 654. The lowest BCUT2D eigenvalue weighted by Gasteiger charge is -2.32. The van der Waals surface area contributed by atoms with Crippen LogP contribution < -0.4 is 5.32 Å². The van der Waals surface area contributed by atoms with Crippen molar-refractivity contribution in [3.8, 4) is 0 Å². The Morgan fingerprint density at radius 1 is 1.39 bits per heavy atom. The van der Waals surface area contributed by atoms with E-state index < -0.39 is 16.1 Å². The Kier molecular flexibility index (Phi) is 5.80. The summed E-state index contributed by atoms with van der Waals surface area (Å²) < 4.78 is 26.8. The smallest absolute Gasteiger partial charge is 0.238 e. The first-order valence-corrected chi connectivity index (χ1v) is 9.89. The largest absolute Gasteiger partial charge is 0.355 e. The highest BCUT2D eigenvalue weighted by Gasteiger charge is 2.34. The topological polar surface area (TPSA) is 84.3 Å². The Labute approximate surface area is 138 Å². The van der Waals surface area contributed by atoms with Gasteiger partial charge in [0.2, 0.25) is 15.9 Å². The molecule has 0 bridgehead atoms. The van der Waals surface area contributed by atoms with E-state index in [2.05, 4.69) is 10.4 Å². The predicted octanol–water partition coefficient (Wildman–Crippen LogP) is 0.820. The average molecular weight is 342 g/mol. The summed E-state index contributed by atoms with van der Waals surface area (Å²) in [6.07, 6.45) is 4.22. The van der Waals surface area contributed by atoms with Crippen molar-refractivity contribution in [1.29, 1.82) is 0 Å². The molecule has 1 saturated heterocycles. The van der Waals surface area contributed by atoms with E-state index in [4.69, 9.17) is 0 Å². The van der Waals surface area contributed by atoms with Crippen LogP contribution in [0.5, 0.6) is 0 Å². The van der Waals surface area contributed by atoms with Crippen LogP contribution in [-0.4, -0.2) is 53.8 Å². The van der Waals surface area contributed by atoms with E-state index in [-0.39, 0.29) is 5.91 Å². The van der Waals surface area contributed by atoms with Crippen LogP contribution >= 0.6 is 0 Å². The van der Waals surface area contributed by atoms with Crippen LogP contribution in [0.3, 0.4) is 0 Å². The third-order valence-electron chi connectivity index (χ3n) is 4.13. The number of hydrogen-bond donors (Lipinski definition) is 1. The highest BCUT2D eigenvalue weighted by molar-refractivity contribution is 7.88. The number of amides is 1. The summed E-state index contributed by atoms with van der Waals surface area (Å²) in [5, 5.41) is 7.24. The van der Waals surface area contributed by atoms with Gasteiger partial charge >= 0.3 is 0 Å². The normalized spacial score (nSPS) is 19.7. The monoisotopic (exact) mass is 342 g/mol. The van der Waals surface area contributed by atoms with E-state index in [0.717, 1.165) is 37.2 Å². The number of carbonyl (C=O) groups is 1. The van der Waals surface area contributed by atoms with Crippen molar-refractivity contribution < 1.29 is 13.2 Å². The van der Waals surface area contributed by atoms with Gasteiger partial charge in [-0.05, 0) is 39.2 Å². The van der Waals surface area contributed by atoms with Crippen LogP contribution in [0.25, 0.3) is 0 Å². The summed E-state index contributed by atoms with van der Waals surface area (Å²) in [5.74, 6) is -0.191. The van der Waals surface area contributed by atoms with Gasteiger partial charge in [0.15, 0.2) is 0 Å². The fraction of sp³-hybridized carbons (Fsp3) is 0.733. The summed E-state index contributed by atoms with van der Waals surface area (Å²) in [6, 6.07) is 1.46. The molecule has 1 aliphatic rings. The lowest BCUT2D eigenvalue weighted by Crippen LogP contribution is -2.51. The summed E-state index contributed by atoms with van der Waals surface area (Å²) in [7, 11) is -3.34. The van der Waals surface area contributed by atoms with E-state index in [9.17, 15) is 13.2 Å². The Balaban J connectivity index is 1.83. The maximum Gasteiger partial charge on any atom is 0.238 e. The number of aromatic nitrogens is 2. The van der Waals surface area contributed by atoms with Gasteiger partial charge in [0.1, 0.15) is 6.04 Å². The van der Waals surface area contributed by atoms with Crippen molar-refractivity contribution in [2.45, 2.75) is 52.1 Å². The first-order chi connectivity index (χ1) is 10.8. The number of carbonyl (C=O) groups excluding carboxylic acids is 1. The van der Waals surface area contributed by atoms with Crippen LogP contribution in [0.15, 0.2) is 6.07 Å². The molecule has 0 aromatic carbocycles. The maximum atomic E-state index is 12.3. The van der Waals surface area contributed by atoms with Crippen LogP contribution in [0, 0.1) is 13.8 Å². The zero-order valence-corrected chi connectivity index (χ0v) is 14.9. The van der Waals surface area contributed by atoms with Crippen LogP contribution in [0.1, 0.15) is 37.1 Å². The number of nitrogens with zero attached hydrogens (tertiary/aromatic N) is 3. The number of nitrogens with one attached hydrogen (secondary N) is 1. The second kappa shape index (κ2) is 7.44. The van der Waals surface area contributed by atoms with Gasteiger partial charge in [0.05, 0.1) is 11.9 Å². The zero-order chi connectivity index (χ0) is 17.0. The van der Waals surface area contributed by atoms with Gasteiger partial charge in [-0.3, -0.25) is 9.48 Å². The van der Waals surface area contributed by atoms with Crippen molar-refractivity contribution >= 4 is 15.9 Å². The molecular weight excluding hydrogens is 316 g/mol. The average Bonchev–Trinajstić information content (AvgIpc) is 2.80. The Morgan fingerprint density at radius 2 is 2.13 bits per heavy atom. The standard InChI is InChI=1S/C15H26N4O3S/c1-12-11-13(2)18(17-12)9-6-8-16-15(20)14-7-4-5-10-19(14)23(3,21)22/h11,14H,4-10H2,1-3H3,(H,16,20). The lowest BCUT2D eigenvalue weighted by atomic mass is 10.0. The minimum atomic E-state index is -3.34. The van der Waals surface area contributed by atoms with Crippen molar-refractivity contribution in [3.05, 3.63) is 17.5 Å². The molecule has 1 amide bonds. The summed E-state index contributed by atoms with van der Waals surface area (Å²) in [5.41, 5.74) is 2.09. The molecule has 130 valence electrons. The van der Waals surface area contributed by atoms with Crippen LogP contribution in [0.2, 0.25) is 0 Å². The molecule has 1 aromatic rings. The lowest BCUT2D eigenvalue weighted by molar-refractivity contribution is -0.125. The predicted molar refractivity (Wildman–Crippen MR) is 88.5 cm³/mol. The molecule has 1 unspecified atom stereocenters. The van der Waals surface area contributed by atoms with Crippen molar-refractivity contribution in [2.24, 2.45) is 0 Å². The molecule has 0 aliphatic carbocycles. The number of aryl methyl sites for hydroxylation is 3. The molecule has 1 fully saturated rings. The number of rotatable bonds is 6. The number of piperidine rings is 1. The second-order valence-corrected chi connectivity index (χ2v) is 8.12. The van der Waals surface area contributed by atoms with Gasteiger partial charge in [-0.1, -0.05) is 6.42 Å². The van der Waals surface area contributed by atoms with Gasteiger partial charge in [-0.2, -0.15) is 9.40 Å². The van der Waals surface area contributed by atoms with E-state index in [1.165, 1.54) is 10.6 Å². The zero-order valence-electron chi connectivity index (χ0n) is 14.1. The Morgan fingerprint density at radius 3 is 2.74 bits per heavy atom. The maximum absolute atomic E-state index is 12.3. The highest BCUT2D eigenvalue weighted by Crippen LogP contribution is 2.19. The molecule has 1 aliphatic heterocycles. The van der Waals surface area contributed by atoms with Crippen molar-refractivity contribution in [3.63, 3.8) is 0 Å². The number of hydrogen-bond acceptors (Lipinski definition) is 4. The van der Waals surface area contributed by atoms with E-state index in [0.29, 0.717) is 19.5 Å². The SMILES string of the molecule is Cc1cc(C)n(CCCNC(=O)C2CCCCN2S(C)(=O)=O)n1. The third kappa shape index (κ3) is 4.78. The molecule has 0 saturated carbocycles. The first-order valence-electron chi connectivity index (χ1n) is 8.04. The molecule has 8 heteroatoms. The molecule has 0 spiro atoms. The van der Waals surface area contributed by atoms with Crippen molar-refractivity contribution in [2.75, 3.05) is 19.3 Å². The van der Waals surface area contributed by atoms with Crippen molar-refractivity contribution in [1.82, 2.24) is 19.4 Å². The molecule has 0 radical (unpaired) electrons. The molecule has 1 aromatic heterocycles. The first kappa shape index (κ1) is 17.9. The molecule has 1 N–H and O–H groups in total. The minimum Gasteiger partial charge on any atom is -0.355 e. The summed E-state index contributed by atoms with van der Waals surface area (Å²) in [4.78, 5) is 12.3. The molecule has 23 heavy (non-hydrogen) atoms. The van der Waals surface area contributed by atoms with Gasteiger partial charge < -0.3 is 5.32 Å². The Hall–Kier alpha value is -1.41. The van der Waals surface area contributed by atoms with Gasteiger partial charge in [0, 0.05) is 25.3 Å². The third-order valence-corrected chi connectivity index (χ3v) is 5.42. The quantitative estimate of drug-likeness (QED) is 0.776. The van der Waals surface area contributed by atoms with E-state index in [1.807, 2.05) is 24.6 Å². The van der Waals surface area contributed by atoms with E-state index in [1.54, 1.807) is 0 Å². The minimum absolute atomic E-state index is 0.191. The van der Waals surface area contributed by atoms with Crippen LogP contribution in [-0.2, 0) is 21.4 Å².